The molecule has 1 aromatic heterocycles. The Morgan fingerprint density at radius 3 is 2.16 bits per heavy atom. The van der Waals surface area contributed by atoms with Crippen LogP contribution in [-0.2, 0) is 9.84 Å². The molecule has 0 unspecified atom stereocenters. The minimum atomic E-state index is -4.01. The van der Waals surface area contributed by atoms with E-state index in [1.165, 1.54) is 22.9 Å². The number of sulfone groups is 1. The second-order valence-electron chi connectivity index (χ2n) is 6.45. The van der Waals surface area contributed by atoms with E-state index < -0.39 is 15.8 Å². The van der Waals surface area contributed by atoms with Crippen LogP contribution in [0.4, 0.5) is 0 Å². The number of rotatable bonds is 5. The zero-order valence-electron chi connectivity index (χ0n) is 15.6. The Labute approximate surface area is 194 Å². The molecule has 1 N–H and O–H groups in total. The largest absolute Gasteiger partial charge is 0.478 e. The van der Waals surface area contributed by atoms with Crippen molar-refractivity contribution < 1.29 is 18.3 Å². The first-order chi connectivity index (χ1) is 14.8. The number of nitrogens with zero attached hydrogens (tertiary/aromatic N) is 3. The van der Waals surface area contributed by atoms with Crippen molar-refractivity contribution in [1.29, 1.82) is 0 Å². The second kappa shape index (κ2) is 8.37. The molecule has 0 aliphatic rings. The van der Waals surface area contributed by atoms with Crippen molar-refractivity contribution in [2.24, 2.45) is 0 Å². The third kappa shape index (κ3) is 4.06. The van der Waals surface area contributed by atoms with Gasteiger partial charge in [0.25, 0.3) is 0 Å². The lowest BCUT2D eigenvalue weighted by Crippen LogP contribution is -2.07. The Balaban J connectivity index is 1.96. The number of hydrogen-bond donors (Lipinski definition) is 1. The number of halogens is 2. The van der Waals surface area contributed by atoms with E-state index in [0.29, 0.717) is 15.7 Å². The van der Waals surface area contributed by atoms with Crippen molar-refractivity contribution in [3.8, 4) is 16.9 Å². The maximum Gasteiger partial charge on any atom is 0.335 e. The maximum atomic E-state index is 13.5. The maximum absolute atomic E-state index is 13.5. The van der Waals surface area contributed by atoms with Crippen molar-refractivity contribution in [1.82, 2.24) is 15.0 Å². The van der Waals surface area contributed by atoms with Gasteiger partial charge in [0.2, 0.25) is 14.9 Å². The molecule has 3 aromatic carbocycles. The molecule has 10 heteroatoms. The van der Waals surface area contributed by atoms with Crippen LogP contribution in [0.3, 0.4) is 0 Å². The summed E-state index contributed by atoms with van der Waals surface area (Å²) in [5.41, 5.74) is 1.44. The minimum absolute atomic E-state index is 0.0710. The van der Waals surface area contributed by atoms with E-state index in [2.05, 4.69) is 42.2 Å². The van der Waals surface area contributed by atoms with Crippen LogP contribution in [0.5, 0.6) is 0 Å². The summed E-state index contributed by atoms with van der Waals surface area (Å²) in [7, 11) is -4.01. The Morgan fingerprint density at radius 2 is 1.55 bits per heavy atom. The Morgan fingerprint density at radius 1 is 0.903 bits per heavy atom. The van der Waals surface area contributed by atoms with Gasteiger partial charge >= 0.3 is 5.97 Å². The van der Waals surface area contributed by atoms with Crippen LogP contribution < -0.4 is 0 Å². The molecule has 0 amide bonds. The van der Waals surface area contributed by atoms with Crippen LogP contribution >= 0.6 is 31.9 Å². The Hall–Kier alpha value is -2.82. The number of carboxylic acid groups (broad SMARTS) is 1. The third-order valence-corrected chi connectivity index (χ3v) is 7.70. The molecule has 0 bridgehead atoms. The molecular weight excluding hydrogens is 550 g/mol. The van der Waals surface area contributed by atoms with Crippen molar-refractivity contribution in [2.75, 3.05) is 0 Å². The van der Waals surface area contributed by atoms with Crippen LogP contribution in [-0.4, -0.2) is 34.5 Å². The van der Waals surface area contributed by atoms with E-state index in [-0.39, 0.29) is 21.2 Å². The molecule has 0 radical (unpaired) electrons. The van der Waals surface area contributed by atoms with E-state index in [1.807, 2.05) is 0 Å². The number of hydrogen-bond acceptors (Lipinski definition) is 5. The average molecular weight is 563 g/mol. The van der Waals surface area contributed by atoms with Gasteiger partial charge in [-0.25, -0.2) is 17.9 Å². The second-order valence-corrected chi connectivity index (χ2v) is 10.1. The molecule has 4 aromatic rings. The van der Waals surface area contributed by atoms with Gasteiger partial charge in [-0.15, -0.1) is 5.10 Å². The molecule has 1 heterocycles. The van der Waals surface area contributed by atoms with Crippen LogP contribution in [0.2, 0.25) is 0 Å². The van der Waals surface area contributed by atoms with Gasteiger partial charge in [-0.1, -0.05) is 45.4 Å². The molecule has 31 heavy (non-hydrogen) atoms. The average Bonchev–Trinajstić information content (AvgIpc) is 3.20. The van der Waals surface area contributed by atoms with E-state index in [1.54, 1.807) is 54.6 Å². The predicted octanol–water partition coefficient (Wildman–Crippen LogP) is 4.99. The van der Waals surface area contributed by atoms with Crippen molar-refractivity contribution in [3.63, 3.8) is 0 Å². The first kappa shape index (κ1) is 21.4. The van der Waals surface area contributed by atoms with Crippen LogP contribution in [0.15, 0.2) is 91.7 Å². The first-order valence-electron chi connectivity index (χ1n) is 8.84. The summed E-state index contributed by atoms with van der Waals surface area (Å²) in [5, 5.41) is 17.0. The van der Waals surface area contributed by atoms with Crippen LogP contribution in [0.25, 0.3) is 16.9 Å². The number of benzene rings is 3. The topological polar surface area (TPSA) is 102 Å². The van der Waals surface area contributed by atoms with Crippen molar-refractivity contribution in [3.05, 3.63) is 87.3 Å². The van der Waals surface area contributed by atoms with E-state index >= 15 is 0 Å². The Bertz CT molecular complexity index is 1380. The summed E-state index contributed by atoms with van der Waals surface area (Å²) in [6.07, 6.45) is 0. The molecule has 0 spiro atoms. The number of carboxylic acids is 1. The van der Waals surface area contributed by atoms with Gasteiger partial charge in [-0.3, -0.25) is 0 Å². The standard InChI is InChI=1S/C21H13Br2N3O4S/c22-15-9-5-13(6-10-15)19-20(31(29,30)18-4-2-1-3-17(18)23)24-25-26(19)16-11-7-14(8-12-16)21(27)28/h1-12H,(H,27,28). The van der Waals surface area contributed by atoms with E-state index in [4.69, 9.17) is 5.11 Å². The number of carbonyl (C=O) groups is 1. The quantitative estimate of drug-likeness (QED) is 0.367. The van der Waals surface area contributed by atoms with Gasteiger partial charge in [0.05, 0.1) is 16.1 Å². The van der Waals surface area contributed by atoms with Gasteiger partial charge in [-0.05, 0) is 64.5 Å². The highest BCUT2D eigenvalue weighted by Gasteiger charge is 2.30. The smallest absolute Gasteiger partial charge is 0.335 e. The van der Waals surface area contributed by atoms with E-state index in [0.717, 1.165) is 4.47 Å². The molecule has 0 saturated carbocycles. The molecule has 156 valence electrons. The zero-order chi connectivity index (χ0) is 22.2. The molecule has 0 aliphatic heterocycles. The SMILES string of the molecule is O=C(O)c1ccc(-n2nnc(S(=O)(=O)c3ccccc3Br)c2-c2ccc(Br)cc2)cc1. The van der Waals surface area contributed by atoms with Crippen LogP contribution in [0.1, 0.15) is 10.4 Å². The lowest BCUT2D eigenvalue weighted by atomic mass is 10.1. The summed E-state index contributed by atoms with van der Waals surface area (Å²) in [5.74, 6) is -1.06. The molecule has 0 saturated heterocycles. The summed E-state index contributed by atoms with van der Waals surface area (Å²) in [4.78, 5) is 11.2. The molecule has 4 rings (SSSR count). The highest BCUT2D eigenvalue weighted by atomic mass is 79.9. The number of aromatic nitrogens is 3. The molecule has 0 atom stereocenters. The fraction of sp³-hybridized carbons (Fsp3) is 0. The van der Waals surface area contributed by atoms with Crippen LogP contribution in [0, 0.1) is 0 Å². The van der Waals surface area contributed by atoms with Gasteiger partial charge in [0.1, 0.15) is 5.69 Å². The van der Waals surface area contributed by atoms with Crippen molar-refractivity contribution >= 4 is 47.7 Å². The molecule has 7 nitrogen and oxygen atoms in total. The van der Waals surface area contributed by atoms with Gasteiger partial charge in [0, 0.05) is 14.5 Å². The summed E-state index contributed by atoms with van der Waals surface area (Å²) in [6, 6.07) is 19.5. The predicted molar refractivity (Wildman–Crippen MR) is 121 cm³/mol. The lowest BCUT2D eigenvalue weighted by Gasteiger charge is -2.10. The molecule has 0 aliphatic carbocycles. The van der Waals surface area contributed by atoms with Crippen molar-refractivity contribution in [2.45, 2.75) is 9.92 Å². The first-order valence-corrected chi connectivity index (χ1v) is 11.9. The lowest BCUT2D eigenvalue weighted by molar-refractivity contribution is 0.0697. The number of aromatic carboxylic acids is 1. The fourth-order valence-electron chi connectivity index (χ4n) is 3.00. The van der Waals surface area contributed by atoms with Gasteiger partial charge < -0.3 is 5.11 Å². The molecular formula is C21H13Br2N3O4S. The highest BCUT2D eigenvalue weighted by Crippen LogP contribution is 2.34. The molecule has 0 fully saturated rings. The Kier molecular flexibility index (Phi) is 5.78. The fourth-order valence-corrected chi connectivity index (χ4v) is 5.58. The normalized spacial score (nSPS) is 11.4. The minimum Gasteiger partial charge on any atom is -0.478 e. The summed E-state index contributed by atoms with van der Waals surface area (Å²) < 4.78 is 29.6. The third-order valence-electron chi connectivity index (χ3n) is 4.50. The highest BCUT2D eigenvalue weighted by molar-refractivity contribution is 9.10. The summed E-state index contributed by atoms with van der Waals surface area (Å²) in [6.45, 7) is 0. The van der Waals surface area contributed by atoms with Gasteiger partial charge in [0.15, 0.2) is 0 Å². The summed E-state index contributed by atoms with van der Waals surface area (Å²) >= 11 is 6.68. The monoisotopic (exact) mass is 561 g/mol. The van der Waals surface area contributed by atoms with Gasteiger partial charge in [-0.2, -0.15) is 0 Å². The zero-order valence-corrected chi connectivity index (χ0v) is 19.6. The van der Waals surface area contributed by atoms with E-state index in [9.17, 15) is 13.2 Å².